The van der Waals surface area contributed by atoms with E-state index in [4.69, 9.17) is 4.74 Å². The predicted octanol–water partition coefficient (Wildman–Crippen LogP) is 3.31. The van der Waals surface area contributed by atoms with Gasteiger partial charge in [-0.3, -0.25) is 4.72 Å². The van der Waals surface area contributed by atoms with Crippen LogP contribution in [0, 0.1) is 0 Å². The van der Waals surface area contributed by atoms with Crippen LogP contribution in [0.4, 0.5) is 5.69 Å². The number of benzene rings is 2. The molecule has 0 saturated heterocycles. The highest BCUT2D eigenvalue weighted by molar-refractivity contribution is 7.92. The summed E-state index contributed by atoms with van der Waals surface area (Å²) in [6.45, 7) is 4.44. The maximum absolute atomic E-state index is 11.6. The Morgan fingerprint density at radius 3 is 2.21 bits per heavy atom. The normalized spacial score (nSPS) is 12.6. The first kappa shape index (κ1) is 18.3. The molecule has 0 aliphatic rings. The molecule has 0 aliphatic heterocycles. The smallest absolute Gasteiger partial charge is 0.232 e. The number of hydrogen-bond donors (Lipinski definition) is 2. The SMILES string of the molecule is CCS(=O)(=O)Nc1ccc([C@@H](C)NCc2ccc(OC)cc2)cc1. The summed E-state index contributed by atoms with van der Waals surface area (Å²) >= 11 is 0. The third-order valence-electron chi connectivity index (χ3n) is 3.84. The monoisotopic (exact) mass is 348 g/mol. The maximum Gasteiger partial charge on any atom is 0.232 e. The minimum absolute atomic E-state index is 0.0641. The van der Waals surface area contributed by atoms with Crippen LogP contribution in [0.5, 0.6) is 5.75 Å². The van der Waals surface area contributed by atoms with Crippen molar-refractivity contribution in [1.82, 2.24) is 5.32 Å². The second-order valence-corrected chi connectivity index (χ2v) is 7.59. The summed E-state index contributed by atoms with van der Waals surface area (Å²) in [4.78, 5) is 0. The molecule has 0 heterocycles. The van der Waals surface area contributed by atoms with E-state index in [0.717, 1.165) is 17.9 Å². The lowest BCUT2D eigenvalue weighted by atomic mass is 10.1. The molecule has 5 nitrogen and oxygen atoms in total. The fraction of sp³-hybridized carbons (Fsp3) is 0.333. The van der Waals surface area contributed by atoms with Gasteiger partial charge in [0, 0.05) is 18.3 Å². The van der Waals surface area contributed by atoms with E-state index in [0.29, 0.717) is 5.69 Å². The highest BCUT2D eigenvalue weighted by Gasteiger charge is 2.08. The van der Waals surface area contributed by atoms with Gasteiger partial charge in [-0.15, -0.1) is 0 Å². The van der Waals surface area contributed by atoms with E-state index >= 15 is 0 Å². The number of rotatable bonds is 8. The van der Waals surface area contributed by atoms with Crippen LogP contribution in [0.1, 0.15) is 31.0 Å². The topological polar surface area (TPSA) is 67.4 Å². The van der Waals surface area contributed by atoms with Crippen LogP contribution >= 0.6 is 0 Å². The van der Waals surface area contributed by atoms with E-state index in [9.17, 15) is 8.42 Å². The van der Waals surface area contributed by atoms with Crippen molar-refractivity contribution >= 4 is 15.7 Å². The number of anilines is 1. The summed E-state index contributed by atoms with van der Waals surface area (Å²) in [6, 6.07) is 15.5. The van der Waals surface area contributed by atoms with E-state index in [2.05, 4.69) is 17.0 Å². The zero-order valence-electron chi connectivity index (χ0n) is 14.2. The minimum Gasteiger partial charge on any atom is -0.497 e. The Bertz CT molecular complexity index is 741. The number of hydrogen-bond acceptors (Lipinski definition) is 4. The molecule has 2 aromatic carbocycles. The summed E-state index contributed by atoms with van der Waals surface area (Å²) in [5.74, 6) is 0.908. The Morgan fingerprint density at radius 2 is 1.67 bits per heavy atom. The van der Waals surface area contributed by atoms with Crippen LogP contribution in [-0.2, 0) is 16.6 Å². The predicted molar refractivity (Wildman–Crippen MR) is 97.8 cm³/mol. The second-order valence-electron chi connectivity index (χ2n) is 5.58. The molecule has 0 radical (unpaired) electrons. The van der Waals surface area contributed by atoms with Crippen LogP contribution in [0.2, 0.25) is 0 Å². The van der Waals surface area contributed by atoms with Gasteiger partial charge in [0.05, 0.1) is 12.9 Å². The standard InChI is InChI=1S/C18H24N2O3S/c1-4-24(21,22)20-17-9-7-16(8-10-17)14(2)19-13-15-5-11-18(23-3)12-6-15/h5-12,14,19-20H,4,13H2,1-3H3/t14-/m1/s1. The molecule has 130 valence electrons. The minimum atomic E-state index is -3.23. The van der Waals surface area contributed by atoms with E-state index in [1.165, 1.54) is 5.56 Å². The molecule has 2 N–H and O–H groups in total. The number of ether oxygens (including phenoxy) is 1. The molecular formula is C18H24N2O3S. The molecule has 0 aromatic heterocycles. The molecule has 24 heavy (non-hydrogen) atoms. The quantitative estimate of drug-likeness (QED) is 0.768. The zero-order chi connectivity index (χ0) is 17.6. The third kappa shape index (κ3) is 5.25. The largest absolute Gasteiger partial charge is 0.497 e. The van der Waals surface area contributed by atoms with E-state index in [1.807, 2.05) is 36.4 Å². The van der Waals surface area contributed by atoms with Crippen molar-refractivity contribution in [2.45, 2.75) is 26.4 Å². The van der Waals surface area contributed by atoms with Crippen molar-refractivity contribution in [3.05, 3.63) is 59.7 Å². The van der Waals surface area contributed by atoms with Crippen molar-refractivity contribution in [2.24, 2.45) is 0 Å². The Labute approximate surface area is 144 Å². The summed E-state index contributed by atoms with van der Waals surface area (Å²) in [7, 11) is -1.58. The first-order valence-electron chi connectivity index (χ1n) is 7.90. The van der Waals surface area contributed by atoms with Gasteiger partial charge in [0.2, 0.25) is 10.0 Å². The molecule has 0 bridgehead atoms. The molecule has 2 rings (SSSR count). The highest BCUT2D eigenvalue weighted by Crippen LogP contribution is 2.18. The fourth-order valence-corrected chi connectivity index (χ4v) is 2.86. The molecular weight excluding hydrogens is 324 g/mol. The number of sulfonamides is 1. The Kier molecular flexibility index (Phi) is 6.23. The number of methoxy groups -OCH3 is 1. The van der Waals surface area contributed by atoms with Gasteiger partial charge in [0.25, 0.3) is 0 Å². The molecule has 0 amide bonds. The lowest BCUT2D eigenvalue weighted by Crippen LogP contribution is -2.18. The highest BCUT2D eigenvalue weighted by atomic mass is 32.2. The molecule has 1 atom stereocenters. The van der Waals surface area contributed by atoms with Crippen LogP contribution in [0.25, 0.3) is 0 Å². The lowest BCUT2D eigenvalue weighted by molar-refractivity contribution is 0.414. The first-order valence-corrected chi connectivity index (χ1v) is 9.55. The van der Waals surface area contributed by atoms with E-state index in [-0.39, 0.29) is 11.8 Å². The molecule has 0 unspecified atom stereocenters. The zero-order valence-corrected chi connectivity index (χ0v) is 15.1. The van der Waals surface area contributed by atoms with Gasteiger partial charge < -0.3 is 10.1 Å². The van der Waals surface area contributed by atoms with Crippen LogP contribution < -0.4 is 14.8 Å². The van der Waals surface area contributed by atoms with Gasteiger partial charge in [-0.25, -0.2) is 8.42 Å². The summed E-state index contributed by atoms with van der Waals surface area (Å²) in [5.41, 5.74) is 2.86. The third-order valence-corrected chi connectivity index (χ3v) is 5.14. The Balaban J connectivity index is 1.93. The van der Waals surface area contributed by atoms with Gasteiger partial charge >= 0.3 is 0 Å². The first-order chi connectivity index (χ1) is 11.4. The van der Waals surface area contributed by atoms with Crippen molar-refractivity contribution in [1.29, 1.82) is 0 Å². The van der Waals surface area contributed by atoms with Gasteiger partial charge in [-0.1, -0.05) is 24.3 Å². The van der Waals surface area contributed by atoms with Crippen molar-refractivity contribution < 1.29 is 13.2 Å². The van der Waals surface area contributed by atoms with Crippen molar-refractivity contribution in [3.8, 4) is 5.75 Å². The summed E-state index contributed by atoms with van der Waals surface area (Å²) < 4.78 is 30.8. The molecule has 6 heteroatoms. The van der Waals surface area contributed by atoms with Crippen molar-refractivity contribution in [2.75, 3.05) is 17.6 Å². The molecule has 0 fully saturated rings. The van der Waals surface area contributed by atoms with Crippen LogP contribution in [-0.4, -0.2) is 21.3 Å². The van der Waals surface area contributed by atoms with E-state index < -0.39 is 10.0 Å². The molecule has 0 saturated carbocycles. The fourth-order valence-electron chi connectivity index (χ4n) is 2.22. The van der Waals surface area contributed by atoms with E-state index in [1.54, 1.807) is 26.2 Å². The molecule has 2 aromatic rings. The average Bonchev–Trinajstić information content (AvgIpc) is 2.60. The molecule has 0 spiro atoms. The Morgan fingerprint density at radius 1 is 1.04 bits per heavy atom. The van der Waals surface area contributed by atoms with Gasteiger partial charge in [0.1, 0.15) is 5.75 Å². The Hall–Kier alpha value is -2.05. The molecule has 0 aliphatic carbocycles. The van der Waals surface area contributed by atoms with Gasteiger partial charge in [-0.2, -0.15) is 0 Å². The number of nitrogens with one attached hydrogen (secondary N) is 2. The summed E-state index contributed by atoms with van der Waals surface area (Å²) in [5, 5.41) is 3.45. The second kappa shape index (κ2) is 8.17. The van der Waals surface area contributed by atoms with Gasteiger partial charge in [0.15, 0.2) is 0 Å². The van der Waals surface area contributed by atoms with Crippen LogP contribution in [0.3, 0.4) is 0 Å². The summed E-state index contributed by atoms with van der Waals surface area (Å²) in [6.07, 6.45) is 0. The lowest BCUT2D eigenvalue weighted by Gasteiger charge is -2.15. The van der Waals surface area contributed by atoms with Gasteiger partial charge in [-0.05, 0) is 49.2 Å². The average molecular weight is 348 g/mol. The van der Waals surface area contributed by atoms with Crippen molar-refractivity contribution in [3.63, 3.8) is 0 Å². The maximum atomic E-state index is 11.6. The van der Waals surface area contributed by atoms with Crippen LogP contribution in [0.15, 0.2) is 48.5 Å².